The van der Waals surface area contributed by atoms with Crippen LogP contribution in [0, 0.1) is 12.3 Å². The number of hydrazone groups is 1. The minimum Gasteiger partial charge on any atom is -0.508 e. The van der Waals surface area contributed by atoms with Crippen LogP contribution in [-0.4, -0.2) is 40.6 Å². The average molecular weight is 299 g/mol. The molecule has 2 rings (SSSR count). The minimum absolute atomic E-state index is 0.00878. The fourth-order valence-electron chi connectivity index (χ4n) is 1.72. The smallest absolute Gasteiger partial charge is 0.437 e. The fraction of sp³-hybridized carbons (Fsp3) is 0.250. The molecule has 1 aromatic carbocycles. The molecule has 0 aromatic heterocycles. The Bertz CT molecular complexity index is 678. The van der Waals surface area contributed by atoms with E-state index >= 15 is 0 Å². The third-order valence-electron chi connectivity index (χ3n) is 2.87. The molecule has 0 bridgehead atoms. The summed E-state index contributed by atoms with van der Waals surface area (Å²) in [4.78, 5) is 3.80. The second kappa shape index (κ2) is 4.76. The maximum atomic E-state index is 12.9. The number of halogens is 3. The van der Waals surface area contributed by atoms with Gasteiger partial charge in [0.05, 0.1) is 11.4 Å². The van der Waals surface area contributed by atoms with Crippen molar-refractivity contribution in [2.75, 3.05) is 12.8 Å². The zero-order valence-corrected chi connectivity index (χ0v) is 11.2. The predicted molar refractivity (Wildman–Crippen MR) is 73.3 cm³/mol. The number of nitrogens with zero attached hydrogens (tertiary/aromatic N) is 3. The van der Waals surface area contributed by atoms with Crippen LogP contribution in [0.4, 0.5) is 24.5 Å². The van der Waals surface area contributed by atoms with Crippen molar-refractivity contribution in [2.45, 2.75) is 13.1 Å². The van der Waals surface area contributed by atoms with E-state index in [0.717, 1.165) is 5.01 Å². The van der Waals surface area contributed by atoms with Gasteiger partial charge in [0.25, 0.3) is 0 Å². The molecule has 0 saturated carbocycles. The fourth-order valence-corrected chi connectivity index (χ4v) is 1.72. The standard InChI is InChI=1S/C12H12F3N5O/c1-5-3-7(6(16)4-8(5)21)18-9-10(12(13,14)15)19-20(2)11(9)17/h3-4,17,21H,16H2,1-2H3. The van der Waals surface area contributed by atoms with E-state index in [-0.39, 0.29) is 17.1 Å². The van der Waals surface area contributed by atoms with E-state index in [2.05, 4.69) is 10.1 Å². The first-order chi connectivity index (χ1) is 9.61. The lowest BCUT2D eigenvalue weighted by atomic mass is 10.1. The number of anilines is 1. The van der Waals surface area contributed by atoms with Gasteiger partial charge in [-0.2, -0.15) is 18.3 Å². The monoisotopic (exact) mass is 299 g/mol. The SMILES string of the molecule is Cc1cc(N=C2C(=N)N(C)N=C2C(F)(F)F)c(N)cc1O. The van der Waals surface area contributed by atoms with Crippen LogP contribution in [-0.2, 0) is 0 Å². The largest absolute Gasteiger partial charge is 0.508 e. The van der Waals surface area contributed by atoms with Crippen LogP contribution in [0.5, 0.6) is 5.75 Å². The number of rotatable bonds is 1. The number of aromatic hydroxyl groups is 1. The van der Waals surface area contributed by atoms with Crippen molar-refractivity contribution >= 4 is 28.6 Å². The first kappa shape index (κ1) is 14.8. The van der Waals surface area contributed by atoms with Gasteiger partial charge < -0.3 is 10.8 Å². The number of hydrogen-bond donors (Lipinski definition) is 3. The van der Waals surface area contributed by atoms with E-state index in [0.29, 0.717) is 5.56 Å². The Morgan fingerprint density at radius 3 is 2.57 bits per heavy atom. The molecule has 112 valence electrons. The first-order valence-electron chi connectivity index (χ1n) is 5.78. The van der Waals surface area contributed by atoms with Gasteiger partial charge in [-0.1, -0.05) is 0 Å². The van der Waals surface area contributed by atoms with Crippen molar-refractivity contribution in [1.29, 1.82) is 5.41 Å². The molecule has 0 fully saturated rings. The predicted octanol–water partition coefficient (Wildman–Crippen LogP) is 2.20. The van der Waals surface area contributed by atoms with E-state index < -0.39 is 23.4 Å². The average Bonchev–Trinajstić information content (AvgIpc) is 2.64. The number of alkyl halides is 3. The second-order valence-electron chi connectivity index (χ2n) is 4.48. The Hall–Kier alpha value is -2.58. The highest BCUT2D eigenvalue weighted by Gasteiger charge is 2.45. The van der Waals surface area contributed by atoms with Gasteiger partial charge in [-0.15, -0.1) is 0 Å². The summed E-state index contributed by atoms with van der Waals surface area (Å²) in [6.45, 7) is 1.56. The van der Waals surface area contributed by atoms with E-state index in [1.807, 2.05) is 0 Å². The summed E-state index contributed by atoms with van der Waals surface area (Å²) in [6.07, 6.45) is -4.73. The number of benzene rings is 1. The molecule has 0 unspecified atom stereocenters. The van der Waals surface area contributed by atoms with E-state index in [1.165, 1.54) is 19.2 Å². The van der Waals surface area contributed by atoms with Crippen LogP contribution in [0.15, 0.2) is 22.2 Å². The number of phenols is 1. The van der Waals surface area contributed by atoms with Gasteiger partial charge in [0.2, 0.25) is 0 Å². The molecule has 9 heteroatoms. The summed E-state index contributed by atoms with van der Waals surface area (Å²) in [7, 11) is 1.22. The molecule has 21 heavy (non-hydrogen) atoms. The zero-order chi connectivity index (χ0) is 15.9. The van der Waals surface area contributed by atoms with Gasteiger partial charge in [0, 0.05) is 13.1 Å². The van der Waals surface area contributed by atoms with Crippen LogP contribution in [0.1, 0.15) is 5.56 Å². The number of aliphatic imine (C=N–C) groups is 1. The van der Waals surface area contributed by atoms with Crippen LogP contribution < -0.4 is 5.73 Å². The molecule has 0 saturated heterocycles. The summed E-state index contributed by atoms with van der Waals surface area (Å²) in [5.74, 6) is -0.563. The van der Waals surface area contributed by atoms with Crippen molar-refractivity contribution in [3.8, 4) is 5.75 Å². The van der Waals surface area contributed by atoms with Crippen LogP contribution in [0.3, 0.4) is 0 Å². The number of hydrogen-bond acceptors (Lipinski definition) is 5. The lowest BCUT2D eigenvalue weighted by molar-refractivity contribution is -0.0570. The molecule has 1 aromatic rings. The molecule has 6 nitrogen and oxygen atoms in total. The molecule has 1 aliphatic heterocycles. The Labute approximate surface area is 117 Å². The molecule has 0 amide bonds. The second-order valence-corrected chi connectivity index (χ2v) is 4.48. The highest BCUT2D eigenvalue weighted by molar-refractivity contribution is 6.70. The van der Waals surface area contributed by atoms with E-state index in [1.54, 1.807) is 6.92 Å². The Kier molecular flexibility index (Phi) is 3.36. The number of nitrogens with two attached hydrogens (primary N) is 1. The van der Waals surface area contributed by atoms with Gasteiger partial charge in [0.15, 0.2) is 11.5 Å². The number of nitrogens with one attached hydrogen (secondary N) is 1. The molecule has 0 spiro atoms. The molecule has 0 aliphatic carbocycles. The van der Waals surface area contributed by atoms with E-state index in [9.17, 15) is 18.3 Å². The number of nitrogen functional groups attached to an aromatic ring is 1. The van der Waals surface area contributed by atoms with Crippen molar-refractivity contribution in [3.05, 3.63) is 17.7 Å². The van der Waals surface area contributed by atoms with Crippen molar-refractivity contribution in [3.63, 3.8) is 0 Å². The molecular weight excluding hydrogens is 287 g/mol. The van der Waals surface area contributed by atoms with Crippen molar-refractivity contribution in [1.82, 2.24) is 5.01 Å². The van der Waals surface area contributed by atoms with Gasteiger partial charge in [-0.05, 0) is 18.6 Å². The van der Waals surface area contributed by atoms with Crippen LogP contribution >= 0.6 is 0 Å². The van der Waals surface area contributed by atoms with Crippen LogP contribution in [0.2, 0.25) is 0 Å². The molecule has 1 heterocycles. The Morgan fingerprint density at radius 1 is 1.38 bits per heavy atom. The summed E-state index contributed by atoms with van der Waals surface area (Å²) in [5.41, 5.74) is 4.23. The molecule has 4 N–H and O–H groups in total. The van der Waals surface area contributed by atoms with Crippen LogP contribution in [0.25, 0.3) is 0 Å². The third-order valence-corrected chi connectivity index (χ3v) is 2.87. The van der Waals surface area contributed by atoms with Gasteiger partial charge in [0.1, 0.15) is 11.5 Å². The summed E-state index contributed by atoms with van der Waals surface area (Å²) in [5, 5.41) is 21.2. The van der Waals surface area contributed by atoms with Gasteiger partial charge >= 0.3 is 6.18 Å². The topological polar surface area (TPSA) is 98.1 Å². The molecule has 0 radical (unpaired) electrons. The molecule has 1 aliphatic rings. The number of aryl methyl sites for hydroxylation is 1. The quantitative estimate of drug-likeness (QED) is 0.693. The van der Waals surface area contributed by atoms with E-state index in [4.69, 9.17) is 11.1 Å². The maximum Gasteiger partial charge on any atom is 0.437 e. The molecule has 0 atom stereocenters. The van der Waals surface area contributed by atoms with Gasteiger partial charge in [-0.3, -0.25) is 5.41 Å². The highest BCUT2D eigenvalue weighted by Crippen LogP contribution is 2.32. The lowest BCUT2D eigenvalue weighted by Crippen LogP contribution is -2.32. The van der Waals surface area contributed by atoms with Crippen molar-refractivity contribution < 1.29 is 18.3 Å². The Balaban J connectivity index is 2.56. The van der Waals surface area contributed by atoms with Crippen molar-refractivity contribution in [2.24, 2.45) is 10.1 Å². The first-order valence-corrected chi connectivity index (χ1v) is 5.78. The number of amidine groups is 1. The summed E-state index contributed by atoms with van der Waals surface area (Å²) < 4.78 is 38.7. The zero-order valence-electron chi connectivity index (χ0n) is 11.2. The Morgan fingerprint density at radius 2 is 2.00 bits per heavy atom. The normalized spacial score (nSPS) is 17.6. The number of phenolic OH excluding ortho intramolecular Hbond substituents is 1. The summed E-state index contributed by atoms with van der Waals surface area (Å²) in [6, 6.07) is 2.54. The minimum atomic E-state index is -4.73. The highest BCUT2D eigenvalue weighted by atomic mass is 19.4. The lowest BCUT2D eigenvalue weighted by Gasteiger charge is -2.09. The third kappa shape index (κ3) is 2.67. The van der Waals surface area contributed by atoms with Gasteiger partial charge in [-0.25, -0.2) is 10.0 Å². The maximum absolute atomic E-state index is 12.9. The molecular formula is C12H12F3N5O. The summed E-state index contributed by atoms with van der Waals surface area (Å²) >= 11 is 0.